The van der Waals surface area contributed by atoms with Gasteiger partial charge in [-0.2, -0.15) is 0 Å². The zero-order chi connectivity index (χ0) is 20.2. The lowest BCUT2D eigenvalue weighted by Gasteiger charge is -2.25. The number of carbonyl (C=O) groups excluding carboxylic acids is 2. The highest BCUT2D eigenvalue weighted by Crippen LogP contribution is 2.33. The van der Waals surface area contributed by atoms with Crippen molar-refractivity contribution in [2.75, 3.05) is 23.9 Å². The summed E-state index contributed by atoms with van der Waals surface area (Å²) >= 11 is 0. The number of nitrogens with one attached hydrogen (secondary N) is 1. The number of ether oxygens (including phenoxy) is 1. The number of hydrogen-bond donors (Lipinski definition) is 1. The van der Waals surface area contributed by atoms with E-state index in [0.29, 0.717) is 23.4 Å². The van der Waals surface area contributed by atoms with Crippen molar-refractivity contribution in [3.05, 3.63) is 83.9 Å². The minimum absolute atomic E-state index is 0.184. The van der Waals surface area contributed by atoms with E-state index in [1.165, 1.54) is 0 Å². The summed E-state index contributed by atoms with van der Waals surface area (Å²) in [6.07, 6.45) is 1.36. The molecule has 146 valence electrons. The number of benzene rings is 3. The molecule has 3 aromatic rings. The SMILES string of the molecule is COc1ccccc1C(=O)Nc1ccc(N2CCCC(=O)c3ccccc32)cc1. The Morgan fingerprint density at radius 2 is 1.69 bits per heavy atom. The molecule has 0 atom stereocenters. The van der Waals surface area contributed by atoms with Gasteiger partial charge in [0.2, 0.25) is 0 Å². The summed E-state index contributed by atoms with van der Waals surface area (Å²) in [7, 11) is 1.55. The summed E-state index contributed by atoms with van der Waals surface area (Å²) in [4.78, 5) is 27.1. The number of Topliss-reactive ketones (excluding diaryl/α,β-unsaturated/α-hetero) is 1. The third kappa shape index (κ3) is 3.85. The Morgan fingerprint density at radius 1 is 0.966 bits per heavy atom. The number of nitrogens with zero attached hydrogens (tertiary/aromatic N) is 1. The molecule has 0 aliphatic carbocycles. The first kappa shape index (κ1) is 18.7. The van der Waals surface area contributed by atoms with E-state index in [1.807, 2.05) is 54.6 Å². The zero-order valence-corrected chi connectivity index (χ0v) is 16.2. The second kappa shape index (κ2) is 8.19. The Kier molecular flexibility index (Phi) is 5.29. The summed E-state index contributed by atoms with van der Waals surface area (Å²) in [5, 5.41) is 2.91. The monoisotopic (exact) mass is 386 g/mol. The van der Waals surface area contributed by atoms with Crippen LogP contribution in [0.1, 0.15) is 33.6 Å². The molecule has 0 bridgehead atoms. The topological polar surface area (TPSA) is 58.6 Å². The Bertz CT molecular complexity index is 1040. The number of ketones is 1. The average Bonchev–Trinajstić information content (AvgIpc) is 2.93. The fourth-order valence-electron chi connectivity index (χ4n) is 3.62. The van der Waals surface area contributed by atoms with Crippen molar-refractivity contribution < 1.29 is 14.3 Å². The molecule has 1 heterocycles. The summed E-state index contributed by atoms with van der Waals surface area (Å²) in [5.41, 5.74) is 3.87. The van der Waals surface area contributed by atoms with Crippen LogP contribution in [0.25, 0.3) is 0 Å². The fourth-order valence-corrected chi connectivity index (χ4v) is 3.62. The molecule has 1 N–H and O–H groups in total. The summed E-state index contributed by atoms with van der Waals surface area (Å²) in [6, 6.07) is 22.5. The predicted molar refractivity (Wildman–Crippen MR) is 114 cm³/mol. The van der Waals surface area contributed by atoms with Crippen molar-refractivity contribution in [2.24, 2.45) is 0 Å². The third-order valence-electron chi connectivity index (χ3n) is 5.07. The normalized spacial score (nSPS) is 13.4. The first-order valence-electron chi connectivity index (χ1n) is 9.61. The van der Waals surface area contributed by atoms with Gasteiger partial charge in [-0.05, 0) is 55.0 Å². The quantitative estimate of drug-likeness (QED) is 0.681. The van der Waals surface area contributed by atoms with Gasteiger partial charge in [-0.15, -0.1) is 0 Å². The standard InChI is InChI=1S/C24H22N2O3/c1-29-23-11-5-3-8-20(23)24(28)25-17-12-14-18(15-13-17)26-16-6-10-22(27)19-7-2-4-9-21(19)26/h2-5,7-9,11-15H,6,10,16H2,1H3,(H,25,28). The van der Waals surface area contributed by atoms with Crippen LogP contribution in [0.5, 0.6) is 5.75 Å². The third-order valence-corrected chi connectivity index (χ3v) is 5.07. The van der Waals surface area contributed by atoms with E-state index >= 15 is 0 Å². The van der Waals surface area contributed by atoms with E-state index in [2.05, 4.69) is 10.2 Å². The Hall–Kier alpha value is -3.60. The van der Waals surface area contributed by atoms with Gasteiger partial charge in [-0.1, -0.05) is 24.3 Å². The summed E-state index contributed by atoms with van der Waals surface area (Å²) in [5.74, 6) is 0.497. The Morgan fingerprint density at radius 3 is 2.48 bits per heavy atom. The van der Waals surface area contributed by atoms with Gasteiger partial charge in [-0.3, -0.25) is 9.59 Å². The lowest BCUT2D eigenvalue weighted by atomic mass is 10.1. The molecule has 0 saturated heterocycles. The number of methoxy groups -OCH3 is 1. The molecular weight excluding hydrogens is 364 g/mol. The number of para-hydroxylation sites is 2. The highest BCUT2D eigenvalue weighted by molar-refractivity contribution is 6.06. The molecule has 1 aliphatic heterocycles. The van der Waals surface area contributed by atoms with Gasteiger partial charge in [0.15, 0.2) is 5.78 Å². The van der Waals surface area contributed by atoms with Gasteiger partial charge >= 0.3 is 0 Å². The van der Waals surface area contributed by atoms with Crippen molar-refractivity contribution in [1.82, 2.24) is 0 Å². The average molecular weight is 386 g/mol. The maximum absolute atomic E-state index is 12.6. The van der Waals surface area contributed by atoms with Crippen molar-refractivity contribution in [3.8, 4) is 5.75 Å². The molecule has 0 spiro atoms. The molecule has 4 rings (SSSR count). The predicted octanol–water partition coefficient (Wildman–Crippen LogP) is 5.06. The van der Waals surface area contributed by atoms with Crippen LogP contribution in [0.2, 0.25) is 0 Å². The molecule has 0 aromatic heterocycles. The number of amides is 1. The fraction of sp³-hybridized carbons (Fsp3) is 0.167. The highest BCUT2D eigenvalue weighted by Gasteiger charge is 2.21. The molecule has 1 amide bonds. The van der Waals surface area contributed by atoms with Crippen LogP contribution >= 0.6 is 0 Å². The van der Waals surface area contributed by atoms with Crippen molar-refractivity contribution >= 4 is 28.8 Å². The molecule has 29 heavy (non-hydrogen) atoms. The molecule has 0 unspecified atom stereocenters. The molecular formula is C24H22N2O3. The van der Waals surface area contributed by atoms with Crippen LogP contribution < -0.4 is 15.0 Å². The highest BCUT2D eigenvalue weighted by atomic mass is 16.5. The van der Waals surface area contributed by atoms with Crippen LogP contribution in [0, 0.1) is 0 Å². The number of carbonyl (C=O) groups is 2. The molecule has 0 radical (unpaired) electrons. The van der Waals surface area contributed by atoms with E-state index in [9.17, 15) is 9.59 Å². The van der Waals surface area contributed by atoms with Gasteiger partial charge in [0.1, 0.15) is 5.75 Å². The van der Waals surface area contributed by atoms with Crippen LogP contribution in [0.15, 0.2) is 72.8 Å². The lowest BCUT2D eigenvalue weighted by molar-refractivity contribution is 0.0982. The van der Waals surface area contributed by atoms with Gasteiger partial charge < -0.3 is 15.0 Å². The van der Waals surface area contributed by atoms with Gasteiger partial charge in [0.05, 0.1) is 18.4 Å². The van der Waals surface area contributed by atoms with Crippen LogP contribution in [-0.4, -0.2) is 25.3 Å². The first-order chi connectivity index (χ1) is 14.2. The maximum atomic E-state index is 12.6. The van der Waals surface area contributed by atoms with E-state index in [-0.39, 0.29) is 11.7 Å². The minimum Gasteiger partial charge on any atom is -0.496 e. The van der Waals surface area contributed by atoms with Crippen LogP contribution in [0.4, 0.5) is 17.1 Å². The van der Waals surface area contributed by atoms with Crippen molar-refractivity contribution in [1.29, 1.82) is 0 Å². The molecule has 0 saturated carbocycles. The van der Waals surface area contributed by atoms with Crippen LogP contribution in [0.3, 0.4) is 0 Å². The summed E-state index contributed by atoms with van der Waals surface area (Å²) in [6.45, 7) is 0.773. The Labute approximate surface area is 169 Å². The lowest BCUT2D eigenvalue weighted by Crippen LogP contribution is -2.18. The maximum Gasteiger partial charge on any atom is 0.259 e. The molecule has 0 fully saturated rings. The molecule has 5 nitrogen and oxygen atoms in total. The summed E-state index contributed by atoms with van der Waals surface area (Å²) < 4.78 is 5.26. The van der Waals surface area contributed by atoms with Crippen molar-refractivity contribution in [2.45, 2.75) is 12.8 Å². The number of rotatable bonds is 4. The molecule has 5 heteroatoms. The van der Waals surface area contributed by atoms with Gasteiger partial charge in [0.25, 0.3) is 5.91 Å². The number of anilines is 3. The minimum atomic E-state index is -0.221. The first-order valence-corrected chi connectivity index (χ1v) is 9.61. The second-order valence-electron chi connectivity index (χ2n) is 6.90. The molecule has 3 aromatic carbocycles. The number of fused-ring (bicyclic) bond motifs is 1. The van der Waals surface area contributed by atoms with E-state index in [1.54, 1.807) is 25.3 Å². The zero-order valence-electron chi connectivity index (χ0n) is 16.2. The molecule has 1 aliphatic rings. The van der Waals surface area contributed by atoms with E-state index in [0.717, 1.165) is 29.9 Å². The smallest absolute Gasteiger partial charge is 0.259 e. The second-order valence-corrected chi connectivity index (χ2v) is 6.90. The van der Waals surface area contributed by atoms with E-state index < -0.39 is 0 Å². The number of hydrogen-bond acceptors (Lipinski definition) is 4. The van der Waals surface area contributed by atoms with Crippen molar-refractivity contribution in [3.63, 3.8) is 0 Å². The Balaban J connectivity index is 1.56. The van der Waals surface area contributed by atoms with Gasteiger partial charge in [-0.25, -0.2) is 0 Å². The van der Waals surface area contributed by atoms with E-state index in [4.69, 9.17) is 4.74 Å². The van der Waals surface area contributed by atoms with Gasteiger partial charge in [0, 0.05) is 29.9 Å². The van der Waals surface area contributed by atoms with Crippen LogP contribution in [-0.2, 0) is 0 Å². The largest absolute Gasteiger partial charge is 0.496 e.